The third-order valence-electron chi connectivity index (χ3n) is 4.47. The highest BCUT2D eigenvalue weighted by Gasteiger charge is 2.19. The Morgan fingerprint density at radius 3 is 2.76 bits per heavy atom. The van der Waals surface area contributed by atoms with Crippen LogP contribution in [0, 0.1) is 0 Å². The third kappa shape index (κ3) is 4.62. The number of phenols is 1. The molecule has 3 rings (SSSR count). The minimum absolute atomic E-state index is 0.182. The lowest BCUT2D eigenvalue weighted by molar-refractivity contribution is 0.446. The molecule has 0 radical (unpaired) electrons. The second kappa shape index (κ2) is 8.29. The number of benzene rings is 2. The Balaban J connectivity index is 2.01. The van der Waals surface area contributed by atoms with Gasteiger partial charge in [0.25, 0.3) is 5.56 Å². The molecule has 152 valence electrons. The number of nitrogens with two attached hydrogens (primary N) is 1. The van der Waals surface area contributed by atoms with Crippen LogP contribution in [-0.4, -0.2) is 27.0 Å². The molecule has 0 saturated heterocycles. The van der Waals surface area contributed by atoms with E-state index in [0.29, 0.717) is 33.0 Å². The number of hydrogen-bond donors (Lipinski definition) is 3. The minimum Gasteiger partial charge on any atom is -0.507 e. The lowest BCUT2D eigenvalue weighted by Gasteiger charge is -2.21. The first-order chi connectivity index (χ1) is 13.7. The Kier molecular flexibility index (Phi) is 5.98. The minimum atomic E-state index is -0.212. The molecule has 0 aliphatic carbocycles. The summed E-state index contributed by atoms with van der Waals surface area (Å²) in [6.45, 7) is 8.19. The van der Waals surface area contributed by atoms with Crippen LogP contribution in [-0.2, 0) is 5.41 Å². The van der Waals surface area contributed by atoms with Crippen molar-refractivity contribution in [3.05, 3.63) is 51.8 Å². The van der Waals surface area contributed by atoms with Crippen molar-refractivity contribution in [2.24, 2.45) is 4.99 Å². The van der Waals surface area contributed by atoms with E-state index in [1.54, 1.807) is 24.4 Å². The number of fused-ring (bicyclic) bond motifs is 1. The van der Waals surface area contributed by atoms with E-state index in [1.807, 2.05) is 32.9 Å². The number of nitrogens with zero attached hydrogens (tertiary/aromatic N) is 2. The van der Waals surface area contributed by atoms with Crippen molar-refractivity contribution in [2.75, 3.05) is 11.5 Å². The quantitative estimate of drug-likeness (QED) is 0.319. The Morgan fingerprint density at radius 2 is 2.07 bits per heavy atom. The van der Waals surface area contributed by atoms with Gasteiger partial charge in [0.15, 0.2) is 5.03 Å². The molecule has 0 atom stereocenters. The van der Waals surface area contributed by atoms with Crippen LogP contribution in [0.1, 0.15) is 45.2 Å². The standard InChI is InChI=1S/C22H26N4O2S/c1-5-9-29-21-20(28)25-17-10-15(23)16(11-18(17)26-21)24-12-13-7-6-8-14(19(13)27)22(2,3)4/h6-8,10-12,27H,5,9,23H2,1-4H3,(H,25,28). The summed E-state index contributed by atoms with van der Waals surface area (Å²) in [5.41, 5.74) is 9.35. The van der Waals surface area contributed by atoms with Crippen molar-refractivity contribution < 1.29 is 5.11 Å². The fraction of sp³-hybridized carbons (Fsp3) is 0.318. The van der Waals surface area contributed by atoms with Gasteiger partial charge in [-0.1, -0.05) is 39.8 Å². The normalized spacial score (nSPS) is 12.1. The van der Waals surface area contributed by atoms with E-state index in [-0.39, 0.29) is 16.7 Å². The third-order valence-corrected chi connectivity index (χ3v) is 5.63. The number of thioether (sulfide) groups is 1. The molecular weight excluding hydrogens is 384 g/mol. The van der Waals surface area contributed by atoms with Gasteiger partial charge >= 0.3 is 0 Å². The zero-order valence-corrected chi connectivity index (χ0v) is 17.9. The number of anilines is 1. The van der Waals surface area contributed by atoms with Gasteiger partial charge in [-0.15, -0.1) is 11.8 Å². The molecule has 0 fully saturated rings. The summed E-state index contributed by atoms with van der Waals surface area (Å²) >= 11 is 1.43. The van der Waals surface area contributed by atoms with Crippen molar-refractivity contribution in [1.82, 2.24) is 9.97 Å². The Bertz CT molecular complexity index is 1130. The molecule has 0 spiro atoms. The number of hydrogen-bond acceptors (Lipinski definition) is 6. The molecule has 0 saturated carbocycles. The molecule has 0 bridgehead atoms. The summed E-state index contributed by atoms with van der Waals surface area (Å²) < 4.78 is 0. The number of para-hydroxylation sites is 1. The molecule has 3 aromatic rings. The van der Waals surface area contributed by atoms with Gasteiger partial charge in [-0.25, -0.2) is 4.98 Å². The molecule has 1 aromatic heterocycles. The van der Waals surface area contributed by atoms with Gasteiger partial charge in [-0.05, 0) is 41.4 Å². The lowest BCUT2D eigenvalue weighted by Crippen LogP contribution is -2.11. The van der Waals surface area contributed by atoms with Crippen molar-refractivity contribution >= 4 is 40.4 Å². The molecule has 0 aliphatic rings. The second-order valence-corrected chi connectivity index (χ2v) is 8.98. The monoisotopic (exact) mass is 410 g/mol. The number of aromatic amines is 1. The second-order valence-electron chi connectivity index (χ2n) is 7.90. The summed E-state index contributed by atoms with van der Waals surface area (Å²) in [6, 6.07) is 9.02. The number of aromatic nitrogens is 2. The van der Waals surface area contributed by atoms with Crippen molar-refractivity contribution in [2.45, 2.75) is 44.6 Å². The molecule has 6 nitrogen and oxygen atoms in total. The number of aromatic hydroxyl groups is 1. The summed E-state index contributed by atoms with van der Waals surface area (Å²) in [5.74, 6) is 1.04. The molecule has 1 heterocycles. The van der Waals surface area contributed by atoms with Crippen LogP contribution in [0.25, 0.3) is 11.0 Å². The largest absolute Gasteiger partial charge is 0.507 e. The van der Waals surface area contributed by atoms with E-state index in [9.17, 15) is 9.90 Å². The van der Waals surface area contributed by atoms with Gasteiger partial charge in [0.2, 0.25) is 0 Å². The smallest absolute Gasteiger partial charge is 0.280 e. The van der Waals surface area contributed by atoms with Gasteiger partial charge in [0.05, 0.1) is 22.4 Å². The Morgan fingerprint density at radius 1 is 1.31 bits per heavy atom. The van der Waals surface area contributed by atoms with Gasteiger partial charge in [0.1, 0.15) is 5.75 Å². The molecule has 0 aliphatic heterocycles. The highest BCUT2D eigenvalue weighted by atomic mass is 32.2. The predicted molar refractivity (Wildman–Crippen MR) is 122 cm³/mol. The van der Waals surface area contributed by atoms with E-state index in [0.717, 1.165) is 17.7 Å². The lowest BCUT2D eigenvalue weighted by atomic mass is 9.85. The van der Waals surface area contributed by atoms with E-state index in [1.165, 1.54) is 11.8 Å². The highest BCUT2D eigenvalue weighted by molar-refractivity contribution is 7.99. The van der Waals surface area contributed by atoms with E-state index < -0.39 is 0 Å². The van der Waals surface area contributed by atoms with E-state index in [4.69, 9.17) is 5.73 Å². The zero-order chi connectivity index (χ0) is 21.2. The first-order valence-electron chi connectivity index (χ1n) is 9.53. The number of H-pyrrole nitrogens is 1. The van der Waals surface area contributed by atoms with Crippen LogP contribution >= 0.6 is 11.8 Å². The van der Waals surface area contributed by atoms with E-state index in [2.05, 4.69) is 21.9 Å². The number of phenolic OH excluding ortho intramolecular Hbond substituents is 1. The fourth-order valence-electron chi connectivity index (χ4n) is 2.94. The maximum atomic E-state index is 12.2. The van der Waals surface area contributed by atoms with E-state index >= 15 is 0 Å². The van der Waals surface area contributed by atoms with Crippen LogP contribution < -0.4 is 11.3 Å². The average Bonchev–Trinajstić information content (AvgIpc) is 2.65. The maximum Gasteiger partial charge on any atom is 0.280 e. The summed E-state index contributed by atoms with van der Waals surface area (Å²) in [6.07, 6.45) is 2.55. The predicted octanol–water partition coefficient (Wildman–Crippen LogP) is 4.76. The number of aliphatic imine (C=N–C) groups is 1. The van der Waals surface area contributed by atoms with Gasteiger partial charge in [-0.2, -0.15) is 0 Å². The Labute approximate surface area is 174 Å². The molecule has 0 amide bonds. The van der Waals surface area contributed by atoms with Crippen molar-refractivity contribution in [3.63, 3.8) is 0 Å². The molecule has 2 aromatic carbocycles. The van der Waals surface area contributed by atoms with Crippen LogP contribution in [0.3, 0.4) is 0 Å². The highest BCUT2D eigenvalue weighted by Crippen LogP contribution is 2.33. The number of rotatable bonds is 5. The number of nitrogens with one attached hydrogen (secondary N) is 1. The van der Waals surface area contributed by atoms with Gasteiger partial charge < -0.3 is 15.8 Å². The van der Waals surface area contributed by atoms with Crippen molar-refractivity contribution in [1.29, 1.82) is 0 Å². The van der Waals surface area contributed by atoms with Crippen LogP contribution in [0.15, 0.2) is 45.1 Å². The topological polar surface area (TPSA) is 104 Å². The molecule has 4 N–H and O–H groups in total. The fourth-order valence-corrected chi connectivity index (χ4v) is 3.68. The molecular formula is C22H26N4O2S. The maximum absolute atomic E-state index is 12.2. The average molecular weight is 411 g/mol. The first-order valence-corrected chi connectivity index (χ1v) is 10.5. The van der Waals surface area contributed by atoms with Crippen LogP contribution in [0.5, 0.6) is 5.75 Å². The number of nitrogen functional groups attached to an aromatic ring is 1. The Hall–Kier alpha value is -2.80. The molecule has 29 heavy (non-hydrogen) atoms. The van der Waals surface area contributed by atoms with Gasteiger partial charge in [-0.3, -0.25) is 9.79 Å². The summed E-state index contributed by atoms with van der Waals surface area (Å²) in [7, 11) is 0. The SMILES string of the molecule is CCCSc1nc2cc(N=Cc3cccc(C(C)(C)C)c3O)c(N)cc2[nH]c1=O. The van der Waals surface area contributed by atoms with Gasteiger partial charge in [0, 0.05) is 11.8 Å². The summed E-state index contributed by atoms with van der Waals surface area (Å²) in [4.78, 5) is 23.9. The zero-order valence-electron chi connectivity index (χ0n) is 17.1. The van der Waals surface area contributed by atoms with Crippen molar-refractivity contribution in [3.8, 4) is 5.75 Å². The van der Waals surface area contributed by atoms with Crippen LogP contribution in [0.2, 0.25) is 0 Å². The first kappa shape index (κ1) is 20.9. The summed E-state index contributed by atoms with van der Waals surface area (Å²) in [5, 5.41) is 11.1. The molecule has 0 unspecified atom stereocenters. The van der Waals surface area contributed by atoms with Crippen LogP contribution in [0.4, 0.5) is 11.4 Å². The molecule has 7 heteroatoms.